The number of hydrogen-bond acceptors (Lipinski definition) is 6. The molecule has 2 aliphatic heterocycles. The minimum absolute atomic E-state index is 0.0194. The molecule has 0 radical (unpaired) electrons. The zero-order valence-electron chi connectivity index (χ0n) is 15.0. The fourth-order valence-corrected chi connectivity index (χ4v) is 4.18. The molecular weight excluding hydrogens is 380 g/mol. The van der Waals surface area contributed by atoms with E-state index in [2.05, 4.69) is 26.9 Å². The van der Waals surface area contributed by atoms with Gasteiger partial charge in [0.05, 0.1) is 24.5 Å². The van der Waals surface area contributed by atoms with Crippen LogP contribution in [0.4, 0.5) is 0 Å². The molecular formula is C19H17ClN6O2. The molecule has 3 aromatic rings. The molecule has 8 nitrogen and oxygen atoms in total. The highest BCUT2D eigenvalue weighted by molar-refractivity contribution is 6.30. The number of nitrogens with two attached hydrogens (primary N) is 1. The summed E-state index contributed by atoms with van der Waals surface area (Å²) in [5, 5.41) is 4.91. The van der Waals surface area contributed by atoms with Crippen LogP contribution in [-0.4, -0.2) is 43.2 Å². The average molecular weight is 397 g/mol. The van der Waals surface area contributed by atoms with Gasteiger partial charge in [-0.2, -0.15) is 0 Å². The number of pyridine rings is 1. The van der Waals surface area contributed by atoms with Crippen molar-refractivity contribution >= 4 is 17.5 Å². The van der Waals surface area contributed by atoms with Gasteiger partial charge in [-0.3, -0.25) is 14.7 Å². The first-order chi connectivity index (χ1) is 13.5. The van der Waals surface area contributed by atoms with Crippen LogP contribution >= 0.6 is 11.6 Å². The lowest BCUT2D eigenvalue weighted by molar-refractivity contribution is -0.0618. The molecule has 0 spiro atoms. The zero-order valence-corrected chi connectivity index (χ0v) is 15.8. The van der Waals surface area contributed by atoms with Crippen molar-refractivity contribution in [2.24, 2.45) is 5.73 Å². The van der Waals surface area contributed by atoms with Crippen molar-refractivity contribution < 1.29 is 9.53 Å². The second kappa shape index (κ2) is 6.10. The fraction of sp³-hybridized carbons (Fsp3) is 0.263. The molecule has 142 valence electrons. The highest BCUT2D eigenvalue weighted by Crippen LogP contribution is 2.47. The summed E-state index contributed by atoms with van der Waals surface area (Å²) in [4.78, 5) is 22.8. The first kappa shape index (κ1) is 17.3. The highest BCUT2D eigenvalue weighted by Gasteiger charge is 2.53. The van der Waals surface area contributed by atoms with E-state index in [0.29, 0.717) is 24.0 Å². The van der Waals surface area contributed by atoms with E-state index >= 15 is 0 Å². The topological polar surface area (TPSA) is 99.2 Å². The molecule has 4 heterocycles. The number of ether oxygens (including phenoxy) is 1. The molecule has 1 saturated heterocycles. The van der Waals surface area contributed by atoms with Gasteiger partial charge in [-0.15, -0.1) is 5.10 Å². The number of halogens is 1. The Morgan fingerprint density at radius 2 is 2.21 bits per heavy atom. The Labute approximate surface area is 165 Å². The molecule has 9 heteroatoms. The van der Waals surface area contributed by atoms with Gasteiger partial charge < -0.3 is 10.5 Å². The Bertz CT molecular complexity index is 1090. The third-order valence-electron chi connectivity index (χ3n) is 5.24. The predicted molar refractivity (Wildman–Crippen MR) is 101 cm³/mol. The Morgan fingerprint density at radius 1 is 1.36 bits per heavy atom. The second-order valence-electron chi connectivity index (χ2n) is 6.94. The van der Waals surface area contributed by atoms with Crippen LogP contribution in [0.5, 0.6) is 0 Å². The molecule has 0 saturated carbocycles. The summed E-state index contributed by atoms with van der Waals surface area (Å²) in [7, 11) is 0. The highest BCUT2D eigenvalue weighted by atomic mass is 35.5. The van der Waals surface area contributed by atoms with Crippen molar-refractivity contribution in [1.29, 1.82) is 0 Å². The van der Waals surface area contributed by atoms with Gasteiger partial charge >= 0.3 is 0 Å². The first-order valence-corrected chi connectivity index (χ1v) is 9.27. The van der Waals surface area contributed by atoms with Gasteiger partial charge in [0.25, 0.3) is 5.91 Å². The number of fused-ring (bicyclic) bond motifs is 5. The van der Waals surface area contributed by atoms with Crippen LogP contribution in [0.1, 0.15) is 34.6 Å². The Kier molecular flexibility index (Phi) is 3.77. The first-order valence-electron chi connectivity index (χ1n) is 8.89. The SMILES string of the molecule is CC1COC2(c3ccccn3)c3cc(Cl)ccc3-n3nc(C(N)=O)nc3CN12. The van der Waals surface area contributed by atoms with E-state index in [4.69, 9.17) is 22.1 Å². The molecule has 2 aliphatic rings. The molecule has 2 aromatic heterocycles. The minimum Gasteiger partial charge on any atom is -0.363 e. The Balaban J connectivity index is 1.85. The molecule has 1 fully saturated rings. The lowest BCUT2D eigenvalue weighted by atomic mass is 9.95. The number of hydrogen-bond donors (Lipinski definition) is 1. The van der Waals surface area contributed by atoms with Crippen molar-refractivity contribution in [3.8, 4) is 5.69 Å². The van der Waals surface area contributed by atoms with E-state index in [-0.39, 0.29) is 11.9 Å². The van der Waals surface area contributed by atoms with Crippen LogP contribution in [0.3, 0.4) is 0 Å². The molecule has 0 aliphatic carbocycles. The summed E-state index contributed by atoms with van der Waals surface area (Å²) in [5.41, 5.74) is 6.75. The average Bonchev–Trinajstić information content (AvgIpc) is 3.23. The number of primary amides is 1. The lowest BCUT2D eigenvalue weighted by Gasteiger charge is -2.37. The predicted octanol–water partition coefficient (Wildman–Crippen LogP) is 1.85. The molecule has 28 heavy (non-hydrogen) atoms. The normalized spacial score (nSPS) is 23.6. The minimum atomic E-state index is -0.934. The van der Waals surface area contributed by atoms with Gasteiger partial charge in [-0.05, 0) is 37.3 Å². The van der Waals surface area contributed by atoms with Crippen LogP contribution in [0, 0.1) is 0 Å². The third kappa shape index (κ3) is 2.32. The maximum absolute atomic E-state index is 11.7. The van der Waals surface area contributed by atoms with Crippen LogP contribution in [0.15, 0.2) is 42.6 Å². The van der Waals surface area contributed by atoms with E-state index in [9.17, 15) is 4.79 Å². The summed E-state index contributed by atoms with van der Waals surface area (Å²) in [6.45, 7) is 3.00. The van der Waals surface area contributed by atoms with E-state index < -0.39 is 11.6 Å². The Hall–Kier alpha value is -2.81. The van der Waals surface area contributed by atoms with Gasteiger partial charge in [0, 0.05) is 22.8 Å². The lowest BCUT2D eigenvalue weighted by Crippen LogP contribution is -2.45. The monoisotopic (exact) mass is 396 g/mol. The quantitative estimate of drug-likeness (QED) is 0.709. The zero-order chi connectivity index (χ0) is 19.5. The summed E-state index contributed by atoms with van der Waals surface area (Å²) in [6.07, 6.45) is 1.74. The number of amides is 1. The number of rotatable bonds is 2. The van der Waals surface area contributed by atoms with Gasteiger partial charge in [0.2, 0.25) is 5.82 Å². The molecule has 2 N–H and O–H groups in total. The van der Waals surface area contributed by atoms with E-state index in [0.717, 1.165) is 16.9 Å². The molecule has 1 amide bonds. The summed E-state index contributed by atoms with van der Waals surface area (Å²) >= 11 is 6.38. The Morgan fingerprint density at radius 3 is 2.96 bits per heavy atom. The van der Waals surface area contributed by atoms with Gasteiger partial charge in [0.15, 0.2) is 5.72 Å². The maximum Gasteiger partial charge on any atom is 0.288 e. The van der Waals surface area contributed by atoms with E-state index in [1.807, 2.05) is 30.3 Å². The van der Waals surface area contributed by atoms with Crippen molar-refractivity contribution in [3.05, 3.63) is 70.5 Å². The second-order valence-corrected chi connectivity index (χ2v) is 7.37. The number of benzene rings is 1. The van der Waals surface area contributed by atoms with Gasteiger partial charge in [-0.25, -0.2) is 9.67 Å². The summed E-state index contributed by atoms with van der Waals surface area (Å²) < 4.78 is 8.07. The number of carbonyl (C=O) groups excluding carboxylic acids is 1. The largest absolute Gasteiger partial charge is 0.363 e. The van der Waals surface area contributed by atoms with Crippen molar-refractivity contribution in [2.45, 2.75) is 25.2 Å². The smallest absolute Gasteiger partial charge is 0.288 e. The number of nitrogens with zero attached hydrogens (tertiary/aromatic N) is 5. The molecule has 1 aromatic carbocycles. The van der Waals surface area contributed by atoms with E-state index in [1.54, 1.807) is 16.9 Å². The van der Waals surface area contributed by atoms with Gasteiger partial charge in [0.1, 0.15) is 5.82 Å². The van der Waals surface area contributed by atoms with Crippen molar-refractivity contribution in [2.75, 3.05) is 6.61 Å². The van der Waals surface area contributed by atoms with Crippen molar-refractivity contribution in [3.63, 3.8) is 0 Å². The third-order valence-corrected chi connectivity index (χ3v) is 5.48. The standard InChI is InChI=1S/C19H17ClN6O2/c1-11-10-28-19(15-4-2-3-7-22-15)13-8-12(20)5-6-14(13)26-16(9-25(11)19)23-18(24-26)17(21)27/h2-8,11H,9-10H2,1H3,(H2,21,27). The molecule has 5 rings (SSSR count). The summed E-state index contributed by atoms with van der Waals surface area (Å²) in [6, 6.07) is 11.3. The fourth-order valence-electron chi connectivity index (χ4n) is 4.01. The summed E-state index contributed by atoms with van der Waals surface area (Å²) in [5.74, 6) is -0.0840. The van der Waals surface area contributed by atoms with Crippen LogP contribution in [0.2, 0.25) is 5.02 Å². The van der Waals surface area contributed by atoms with Crippen LogP contribution in [-0.2, 0) is 17.0 Å². The van der Waals surface area contributed by atoms with Gasteiger partial charge in [-0.1, -0.05) is 17.7 Å². The van der Waals surface area contributed by atoms with Crippen LogP contribution in [0.25, 0.3) is 5.69 Å². The number of aromatic nitrogens is 4. The van der Waals surface area contributed by atoms with Crippen LogP contribution < -0.4 is 5.73 Å². The molecule has 0 bridgehead atoms. The maximum atomic E-state index is 11.7. The molecule has 2 unspecified atom stereocenters. The number of carbonyl (C=O) groups is 1. The van der Waals surface area contributed by atoms with E-state index in [1.165, 1.54) is 0 Å². The molecule has 2 atom stereocenters. The van der Waals surface area contributed by atoms with Crippen molar-refractivity contribution in [1.82, 2.24) is 24.6 Å².